The van der Waals surface area contributed by atoms with Crippen molar-refractivity contribution in [3.8, 4) is 0 Å². The fourth-order valence-electron chi connectivity index (χ4n) is 8.97. The molecule has 2 N–H and O–H groups in total. The zero-order chi connectivity index (χ0) is 20.4. The van der Waals surface area contributed by atoms with E-state index >= 15 is 0 Å². The maximum absolute atomic E-state index is 10.2. The minimum absolute atomic E-state index is 0.0925. The highest BCUT2D eigenvalue weighted by Crippen LogP contribution is 2.67. The molecule has 29 heavy (non-hydrogen) atoms. The van der Waals surface area contributed by atoms with E-state index in [4.69, 9.17) is 0 Å². The van der Waals surface area contributed by atoms with Crippen LogP contribution in [0, 0.1) is 40.4 Å². The maximum Gasteiger partial charge on any atom is 0.0650 e. The second-order valence-electron chi connectivity index (χ2n) is 12.5. The second-order valence-corrected chi connectivity index (χ2v) is 12.5. The van der Waals surface area contributed by atoms with Crippen LogP contribution in [0.4, 0.5) is 0 Å². The summed E-state index contributed by atoms with van der Waals surface area (Å²) in [4.78, 5) is 0. The first-order chi connectivity index (χ1) is 13.8. The molecule has 4 saturated carbocycles. The third-order valence-electron chi connectivity index (χ3n) is 11.0. The highest BCUT2D eigenvalue weighted by atomic mass is 16.3. The lowest BCUT2D eigenvalue weighted by atomic mass is 9.47. The Labute approximate surface area is 178 Å². The lowest BCUT2D eigenvalue weighted by molar-refractivity contribution is -0.0574. The average Bonchev–Trinajstić information content (AvgIpc) is 3.29. The minimum Gasteiger partial charge on any atom is -0.393 e. The standard InChI is InChI=1S/C27H44O2/c1-18(5-4-12-27(29)15-16-27)22-8-9-23-21-7-6-19-17-20(28)10-13-25(19,2)24(21)11-14-26(22,23)3/h6,18,20-24,28-29H,4-5,7-17H2,1-3H3/t18-,20+,21+,22-,23+,24+,25+,26-/m1/s1. The normalized spacial score (nSPS) is 48.9. The van der Waals surface area contributed by atoms with Crippen molar-refractivity contribution in [1.29, 1.82) is 0 Å². The van der Waals surface area contributed by atoms with E-state index in [2.05, 4.69) is 26.8 Å². The fraction of sp³-hybridized carbons (Fsp3) is 0.926. The summed E-state index contributed by atoms with van der Waals surface area (Å²) in [6.45, 7) is 7.72. The van der Waals surface area contributed by atoms with Gasteiger partial charge in [0.05, 0.1) is 11.7 Å². The van der Waals surface area contributed by atoms with E-state index in [9.17, 15) is 10.2 Å². The molecule has 0 aromatic rings. The van der Waals surface area contributed by atoms with Gasteiger partial charge in [0.25, 0.3) is 0 Å². The van der Waals surface area contributed by atoms with E-state index in [0.29, 0.717) is 10.8 Å². The van der Waals surface area contributed by atoms with Gasteiger partial charge in [0.2, 0.25) is 0 Å². The first kappa shape index (κ1) is 20.6. The summed E-state index contributed by atoms with van der Waals surface area (Å²) >= 11 is 0. The molecule has 0 heterocycles. The fourth-order valence-corrected chi connectivity index (χ4v) is 8.97. The molecule has 0 radical (unpaired) electrons. The SMILES string of the molecule is C[C@H](CCCC1(O)CC1)[C@H]1CC[C@H]2[C@@H]3CC=C4C[C@@H](O)CC[C@]4(C)[C@H]3CC[C@]12C. The van der Waals surface area contributed by atoms with Crippen LogP contribution >= 0.6 is 0 Å². The monoisotopic (exact) mass is 400 g/mol. The number of hydrogen-bond donors (Lipinski definition) is 2. The van der Waals surface area contributed by atoms with Crippen molar-refractivity contribution in [2.24, 2.45) is 40.4 Å². The summed E-state index contributed by atoms with van der Waals surface area (Å²) in [6, 6.07) is 0. The van der Waals surface area contributed by atoms with Crippen LogP contribution in [0.5, 0.6) is 0 Å². The summed E-state index contributed by atoms with van der Waals surface area (Å²) < 4.78 is 0. The maximum atomic E-state index is 10.2. The molecule has 0 bridgehead atoms. The molecule has 5 aliphatic carbocycles. The largest absolute Gasteiger partial charge is 0.393 e. The van der Waals surface area contributed by atoms with Crippen LogP contribution in [0.2, 0.25) is 0 Å². The molecule has 0 spiro atoms. The topological polar surface area (TPSA) is 40.5 Å². The van der Waals surface area contributed by atoms with Gasteiger partial charge in [-0.2, -0.15) is 0 Å². The highest BCUT2D eigenvalue weighted by molar-refractivity contribution is 5.25. The number of hydrogen-bond acceptors (Lipinski definition) is 2. The zero-order valence-electron chi connectivity index (χ0n) is 19.1. The summed E-state index contributed by atoms with van der Waals surface area (Å²) in [5.41, 5.74) is 2.23. The molecular weight excluding hydrogens is 356 g/mol. The smallest absolute Gasteiger partial charge is 0.0650 e. The molecule has 0 aromatic heterocycles. The summed E-state index contributed by atoms with van der Waals surface area (Å²) in [5, 5.41) is 20.4. The van der Waals surface area contributed by atoms with Crippen LogP contribution in [0.1, 0.15) is 104 Å². The Balaban J connectivity index is 1.29. The molecule has 5 rings (SSSR count). The van der Waals surface area contributed by atoms with Crippen molar-refractivity contribution in [2.45, 2.75) is 116 Å². The van der Waals surface area contributed by atoms with E-state index in [0.717, 1.165) is 61.7 Å². The Bertz CT molecular complexity index is 663. The van der Waals surface area contributed by atoms with Crippen LogP contribution in [-0.2, 0) is 0 Å². The van der Waals surface area contributed by atoms with E-state index in [1.807, 2.05) is 0 Å². The predicted octanol–water partition coefficient (Wildman–Crippen LogP) is 6.26. The van der Waals surface area contributed by atoms with E-state index in [1.54, 1.807) is 5.57 Å². The van der Waals surface area contributed by atoms with Crippen LogP contribution in [0.25, 0.3) is 0 Å². The Morgan fingerprint density at radius 2 is 1.83 bits per heavy atom. The molecule has 0 aromatic carbocycles. The summed E-state index contributed by atoms with van der Waals surface area (Å²) in [5.74, 6) is 4.32. The van der Waals surface area contributed by atoms with Crippen molar-refractivity contribution in [1.82, 2.24) is 0 Å². The van der Waals surface area contributed by atoms with E-state index in [-0.39, 0.29) is 11.7 Å². The lowest BCUT2D eigenvalue weighted by Gasteiger charge is -2.58. The third-order valence-corrected chi connectivity index (χ3v) is 11.0. The number of allylic oxidation sites excluding steroid dienone is 1. The predicted molar refractivity (Wildman–Crippen MR) is 118 cm³/mol. The van der Waals surface area contributed by atoms with Gasteiger partial charge in [-0.15, -0.1) is 0 Å². The first-order valence-corrected chi connectivity index (χ1v) is 12.9. The van der Waals surface area contributed by atoms with Gasteiger partial charge in [-0.25, -0.2) is 0 Å². The van der Waals surface area contributed by atoms with Gasteiger partial charge in [0, 0.05) is 0 Å². The molecule has 2 nitrogen and oxygen atoms in total. The van der Waals surface area contributed by atoms with Gasteiger partial charge >= 0.3 is 0 Å². The molecular formula is C27H44O2. The van der Waals surface area contributed by atoms with Crippen molar-refractivity contribution >= 4 is 0 Å². The average molecular weight is 401 g/mol. The quantitative estimate of drug-likeness (QED) is 0.535. The Kier molecular flexibility index (Phi) is 5.03. The Morgan fingerprint density at radius 3 is 2.59 bits per heavy atom. The molecule has 8 atom stereocenters. The third kappa shape index (κ3) is 3.36. The van der Waals surface area contributed by atoms with Gasteiger partial charge in [-0.1, -0.05) is 45.3 Å². The van der Waals surface area contributed by atoms with Gasteiger partial charge in [0.15, 0.2) is 0 Å². The van der Waals surface area contributed by atoms with E-state index in [1.165, 1.54) is 51.4 Å². The zero-order valence-corrected chi connectivity index (χ0v) is 19.1. The minimum atomic E-state index is -0.269. The van der Waals surface area contributed by atoms with Crippen molar-refractivity contribution in [3.63, 3.8) is 0 Å². The van der Waals surface area contributed by atoms with Gasteiger partial charge in [-0.05, 0) is 111 Å². The Hall–Kier alpha value is -0.340. The number of aliphatic hydroxyl groups excluding tert-OH is 1. The van der Waals surface area contributed by atoms with Crippen LogP contribution < -0.4 is 0 Å². The van der Waals surface area contributed by atoms with E-state index < -0.39 is 0 Å². The van der Waals surface area contributed by atoms with Crippen molar-refractivity contribution in [3.05, 3.63) is 11.6 Å². The van der Waals surface area contributed by atoms with Crippen LogP contribution in [-0.4, -0.2) is 21.9 Å². The molecule has 0 saturated heterocycles. The summed E-state index contributed by atoms with van der Waals surface area (Å²) in [7, 11) is 0. The molecule has 0 aliphatic heterocycles. The van der Waals surface area contributed by atoms with Crippen LogP contribution in [0.3, 0.4) is 0 Å². The lowest BCUT2D eigenvalue weighted by Crippen LogP contribution is -2.50. The molecule has 164 valence electrons. The van der Waals surface area contributed by atoms with Gasteiger partial charge in [-0.3, -0.25) is 0 Å². The molecule has 2 heteroatoms. The number of aliphatic hydroxyl groups is 2. The molecule has 4 fully saturated rings. The van der Waals surface area contributed by atoms with Crippen LogP contribution in [0.15, 0.2) is 11.6 Å². The number of fused-ring (bicyclic) bond motifs is 5. The Morgan fingerprint density at radius 1 is 1.03 bits per heavy atom. The molecule has 0 unspecified atom stereocenters. The van der Waals surface area contributed by atoms with Gasteiger partial charge in [0.1, 0.15) is 0 Å². The molecule has 0 amide bonds. The van der Waals surface area contributed by atoms with Crippen molar-refractivity contribution < 1.29 is 10.2 Å². The highest BCUT2D eigenvalue weighted by Gasteiger charge is 2.59. The second kappa shape index (κ2) is 7.09. The summed E-state index contributed by atoms with van der Waals surface area (Å²) in [6.07, 6.45) is 18.2. The number of rotatable bonds is 5. The van der Waals surface area contributed by atoms with Gasteiger partial charge < -0.3 is 10.2 Å². The first-order valence-electron chi connectivity index (χ1n) is 12.9. The molecule has 5 aliphatic rings. The van der Waals surface area contributed by atoms with Crippen molar-refractivity contribution in [2.75, 3.05) is 0 Å².